The van der Waals surface area contributed by atoms with Crippen molar-refractivity contribution in [2.45, 2.75) is 51.6 Å². The molecule has 2 unspecified atom stereocenters. The largest absolute Gasteiger partial charge is 0.481 e. The molecule has 1 aliphatic heterocycles. The van der Waals surface area contributed by atoms with E-state index in [4.69, 9.17) is 4.74 Å². The van der Waals surface area contributed by atoms with Crippen molar-refractivity contribution in [2.24, 2.45) is 11.3 Å². The van der Waals surface area contributed by atoms with Crippen molar-refractivity contribution < 1.29 is 14.6 Å². The first-order valence-corrected chi connectivity index (χ1v) is 6.02. The Morgan fingerprint density at radius 2 is 2.00 bits per heavy atom. The van der Waals surface area contributed by atoms with Crippen LogP contribution in [0.4, 0.5) is 0 Å². The molecule has 2 rings (SSSR count). The molecule has 3 heteroatoms. The van der Waals surface area contributed by atoms with Crippen molar-refractivity contribution >= 4 is 5.97 Å². The van der Waals surface area contributed by atoms with Crippen LogP contribution in [0.5, 0.6) is 0 Å². The van der Waals surface area contributed by atoms with Crippen molar-refractivity contribution in [3.05, 3.63) is 0 Å². The van der Waals surface area contributed by atoms with Gasteiger partial charge in [0.05, 0.1) is 11.5 Å². The van der Waals surface area contributed by atoms with E-state index in [1.807, 2.05) is 6.92 Å². The molecule has 2 atom stereocenters. The fourth-order valence-electron chi connectivity index (χ4n) is 3.38. The number of carbonyl (C=O) groups is 1. The smallest absolute Gasteiger partial charge is 0.310 e. The van der Waals surface area contributed by atoms with E-state index in [1.54, 1.807) is 0 Å². The van der Waals surface area contributed by atoms with E-state index in [2.05, 4.69) is 0 Å². The molecule has 0 amide bonds. The maximum absolute atomic E-state index is 11.6. The minimum absolute atomic E-state index is 0.124. The number of hydrogen-bond acceptors (Lipinski definition) is 2. The van der Waals surface area contributed by atoms with E-state index in [1.165, 1.54) is 6.42 Å². The standard InChI is InChI=1S/C12H20O3/c1-9-10(5-8-15-9)12(11(13)14)6-3-2-4-7-12/h9-10H,2-8H2,1H3,(H,13,14). The highest BCUT2D eigenvalue weighted by atomic mass is 16.5. The summed E-state index contributed by atoms with van der Waals surface area (Å²) in [5.74, 6) is -0.361. The van der Waals surface area contributed by atoms with Gasteiger partial charge in [0.15, 0.2) is 0 Å². The molecule has 0 aromatic rings. The number of carboxylic acids is 1. The first-order valence-electron chi connectivity index (χ1n) is 6.02. The summed E-state index contributed by atoms with van der Waals surface area (Å²) in [6.07, 6.45) is 6.07. The van der Waals surface area contributed by atoms with Crippen LogP contribution in [0.15, 0.2) is 0 Å². The maximum atomic E-state index is 11.6. The molecule has 15 heavy (non-hydrogen) atoms. The van der Waals surface area contributed by atoms with Crippen LogP contribution in [0.2, 0.25) is 0 Å². The van der Waals surface area contributed by atoms with Gasteiger partial charge in [0.25, 0.3) is 0 Å². The molecule has 3 nitrogen and oxygen atoms in total. The molecule has 1 saturated carbocycles. The van der Waals surface area contributed by atoms with Crippen molar-refractivity contribution in [3.8, 4) is 0 Å². The highest BCUT2D eigenvalue weighted by Gasteiger charge is 2.50. The zero-order valence-corrected chi connectivity index (χ0v) is 9.37. The minimum atomic E-state index is -0.593. The average Bonchev–Trinajstić information content (AvgIpc) is 2.66. The molecule has 0 aromatic carbocycles. The van der Waals surface area contributed by atoms with E-state index in [-0.39, 0.29) is 12.0 Å². The van der Waals surface area contributed by atoms with Crippen LogP contribution in [0.25, 0.3) is 0 Å². The van der Waals surface area contributed by atoms with Crippen LogP contribution < -0.4 is 0 Å². The summed E-state index contributed by atoms with van der Waals surface area (Å²) in [6, 6.07) is 0. The van der Waals surface area contributed by atoms with Gasteiger partial charge in [-0.25, -0.2) is 0 Å². The van der Waals surface area contributed by atoms with Crippen molar-refractivity contribution in [1.29, 1.82) is 0 Å². The van der Waals surface area contributed by atoms with E-state index >= 15 is 0 Å². The summed E-state index contributed by atoms with van der Waals surface area (Å²) < 4.78 is 5.53. The highest BCUT2D eigenvalue weighted by molar-refractivity contribution is 5.75. The van der Waals surface area contributed by atoms with Crippen molar-refractivity contribution in [1.82, 2.24) is 0 Å². The molecular formula is C12H20O3. The van der Waals surface area contributed by atoms with Gasteiger partial charge in [-0.1, -0.05) is 19.3 Å². The van der Waals surface area contributed by atoms with Gasteiger partial charge >= 0.3 is 5.97 Å². The SMILES string of the molecule is CC1OCCC1C1(C(=O)O)CCCCC1. The second-order valence-electron chi connectivity index (χ2n) is 4.99. The second kappa shape index (κ2) is 4.12. The van der Waals surface area contributed by atoms with Gasteiger partial charge < -0.3 is 9.84 Å². The second-order valence-corrected chi connectivity index (χ2v) is 4.99. The number of rotatable bonds is 2. The van der Waals surface area contributed by atoms with Crippen molar-refractivity contribution in [2.75, 3.05) is 6.61 Å². The topological polar surface area (TPSA) is 46.5 Å². The van der Waals surface area contributed by atoms with Gasteiger partial charge in [0.1, 0.15) is 0 Å². The number of ether oxygens (including phenoxy) is 1. The summed E-state index contributed by atoms with van der Waals surface area (Å²) in [4.78, 5) is 11.6. The Balaban J connectivity index is 2.20. The van der Waals surface area contributed by atoms with Crippen LogP contribution in [0.1, 0.15) is 45.4 Å². The van der Waals surface area contributed by atoms with Crippen LogP contribution in [-0.4, -0.2) is 23.8 Å². The van der Waals surface area contributed by atoms with Crippen LogP contribution in [0, 0.1) is 11.3 Å². The summed E-state index contributed by atoms with van der Waals surface area (Å²) in [7, 11) is 0. The Morgan fingerprint density at radius 1 is 1.33 bits per heavy atom. The van der Waals surface area contributed by atoms with E-state index in [0.29, 0.717) is 0 Å². The van der Waals surface area contributed by atoms with E-state index < -0.39 is 11.4 Å². The Morgan fingerprint density at radius 3 is 2.47 bits per heavy atom. The van der Waals surface area contributed by atoms with Crippen molar-refractivity contribution in [3.63, 3.8) is 0 Å². The van der Waals surface area contributed by atoms with E-state index in [0.717, 1.165) is 38.7 Å². The van der Waals surface area contributed by atoms with Gasteiger partial charge in [-0.15, -0.1) is 0 Å². The predicted molar refractivity (Wildman–Crippen MR) is 56.7 cm³/mol. The zero-order chi connectivity index (χ0) is 10.9. The minimum Gasteiger partial charge on any atom is -0.481 e. The molecule has 2 aliphatic rings. The third kappa shape index (κ3) is 1.78. The summed E-state index contributed by atoms with van der Waals surface area (Å²) in [5, 5.41) is 9.51. The maximum Gasteiger partial charge on any atom is 0.310 e. The lowest BCUT2D eigenvalue weighted by molar-refractivity contribution is -0.157. The molecule has 1 saturated heterocycles. The lowest BCUT2D eigenvalue weighted by atomic mass is 9.64. The van der Waals surface area contributed by atoms with Crippen LogP contribution in [-0.2, 0) is 9.53 Å². The molecule has 86 valence electrons. The number of hydrogen-bond donors (Lipinski definition) is 1. The lowest BCUT2D eigenvalue weighted by Gasteiger charge is -2.39. The third-order valence-electron chi connectivity index (χ3n) is 4.26. The first-order chi connectivity index (χ1) is 7.17. The van der Waals surface area contributed by atoms with Gasteiger partial charge in [0, 0.05) is 12.5 Å². The van der Waals surface area contributed by atoms with Gasteiger partial charge in [-0.3, -0.25) is 4.79 Å². The Bertz CT molecular complexity index is 243. The van der Waals surface area contributed by atoms with Gasteiger partial charge in [-0.05, 0) is 26.2 Å². The Kier molecular flexibility index (Phi) is 3.01. The van der Waals surface area contributed by atoms with E-state index in [9.17, 15) is 9.90 Å². The van der Waals surface area contributed by atoms with Crippen LogP contribution in [0.3, 0.4) is 0 Å². The molecule has 0 radical (unpaired) electrons. The number of carboxylic acid groups (broad SMARTS) is 1. The van der Waals surface area contributed by atoms with Gasteiger partial charge in [0.2, 0.25) is 0 Å². The summed E-state index contributed by atoms with van der Waals surface area (Å²) >= 11 is 0. The fourth-order valence-corrected chi connectivity index (χ4v) is 3.38. The Labute approximate surface area is 90.8 Å². The molecule has 1 heterocycles. The lowest BCUT2D eigenvalue weighted by Crippen LogP contribution is -2.43. The molecule has 0 bridgehead atoms. The predicted octanol–water partition coefficient (Wildman–Crippen LogP) is 2.45. The third-order valence-corrected chi connectivity index (χ3v) is 4.26. The quantitative estimate of drug-likeness (QED) is 0.764. The average molecular weight is 212 g/mol. The zero-order valence-electron chi connectivity index (χ0n) is 9.37. The Hall–Kier alpha value is -0.570. The van der Waals surface area contributed by atoms with Crippen LogP contribution >= 0.6 is 0 Å². The monoisotopic (exact) mass is 212 g/mol. The molecular weight excluding hydrogens is 192 g/mol. The molecule has 0 aromatic heterocycles. The molecule has 1 aliphatic carbocycles. The summed E-state index contributed by atoms with van der Waals surface area (Å²) in [5.41, 5.74) is -0.478. The molecule has 1 N–H and O–H groups in total. The summed E-state index contributed by atoms with van der Waals surface area (Å²) in [6.45, 7) is 2.76. The molecule has 2 fully saturated rings. The highest BCUT2D eigenvalue weighted by Crippen LogP contribution is 2.48. The number of aliphatic carboxylic acids is 1. The molecule has 0 spiro atoms. The fraction of sp³-hybridized carbons (Fsp3) is 0.917. The normalized spacial score (nSPS) is 35.3. The first kappa shape index (κ1) is 10.9. The van der Waals surface area contributed by atoms with Gasteiger partial charge in [-0.2, -0.15) is 0 Å².